The van der Waals surface area contributed by atoms with Crippen LogP contribution in [0.1, 0.15) is 12.5 Å². The minimum absolute atomic E-state index is 0.0257. The Morgan fingerprint density at radius 3 is 2.93 bits per heavy atom. The lowest BCUT2D eigenvalue weighted by Crippen LogP contribution is -2.14. The lowest BCUT2D eigenvalue weighted by atomic mass is 10.1. The number of aromatic amines is 1. The number of benzene rings is 1. The first-order valence-corrected chi connectivity index (χ1v) is 4.67. The van der Waals surface area contributed by atoms with Crippen LogP contribution in [0.3, 0.4) is 0 Å². The van der Waals surface area contributed by atoms with Crippen molar-refractivity contribution >= 4 is 10.9 Å². The highest BCUT2D eigenvalue weighted by atomic mass is 16.1. The predicted molar refractivity (Wildman–Crippen MR) is 56.1 cm³/mol. The number of nitrogens with one attached hydrogen (secondary N) is 1. The molecule has 0 bridgehead atoms. The van der Waals surface area contributed by atoms with E-state index in [-0.39, 0.29) is 5.56 Å². The topological polar surface area (TPSA) is 63.8 Å². The van der Waals surface area contributed by atoms with Crippen molar-refractivity contribution in [2.45, 2.75) is 20.0 Å². The maximum atomic E-state index is 11.7. The number of hydrogen-bond acceptors (Lipinski definition) is 2. The van der Waals surface area contributed by atoms with Crippen molar-refractivity contribution in [3.8, 4) is 0 Å². The molecule has 1 aromatic heterocycles. The van der Waals surface area contributed by atoms with Crippen LogP contribution in [0.4, 0.5) is 0 Å². The van der Waals surface area contributed by atoms with Crippen molar-refractivity contribution in [1.82, 2.24) is 9.78 Å². The van der Waals surface area contributed by atoms with E-state index in [1.165, 1.54) is 0 Å². The molecule has 2 aromatic rings. The number of aryl methyl sites for hydroxylation is 1. The average molecular weight is 191 g/mol. The van der Waals surface area contributed by atoms with Crippen LogP contribution in [0.25, 0.3) is 10.9 Å². The largest absolute Gasteiger partial charge is 0.326 e. The van der Waals surface area contributed by atoms with Gasteiger partial charge in [-0.1, -0.05) is 6.07 Å². The third-order valence-corrected chi connectivity index (χ3v) is 2.37. The number of rotatable bonds is 2. The summed E-state index contributed by atoms with van der Waals surface area (Å²) in [6.07, 6.45) is 0. The number of fused-ring (bicyclic) bond motifs is 1. The van der Waals surface area contributed by atoms with Gasteiger partial charge in [-0.25, -0.2) is 0 Å². The number of hydrogen-bond donors (Lipinski definition) is 2. The van der Waals surface area contributed by atoms with E-state index in [0.29, 0.717) is 13.1 Å². The van der Waals surface area contributed by atoms with Gasteiger partial charge in [-0.05, 0) is 24.6 Å². The molecular formula is C10H13N3O. The summed E-state index contributed by atoms with van der Waals surface area (Å²) in [7, 11) is 0. The second-order valence-electron chi connectivity index (χ2n) is 3.25. The summed E-state index contributed by atoms with van der Waals surface area (Å²) in [4.78, 5) is 11.7. The molecule has 2 rings (SSSR count). The molecule has 0 amide bonds. The van der Waals surface area contributed by atoms with Crippen LogP contribution in [0.15, 0.2) is 23.0 Å². The van der Waals surface area contributed by atoms with Gasteiger partial charge in [0.1, 0.15) is 0 Å². The Kier molecular flexibility index (Phi) is 2.13. The van der Waals surface area contributed by atoms with Gasteiger partial charge in [-0.15, -0.1) is 0 Å². The molecule has 0 spiro atoms. The van der Waals surface area contributed by atoms with Gasteiger partial charge in [0.25, 0.3) is 5.56 Å². The predicted octanol–water partition coefficient (Wildman–Crippen LogP) is 0.808. The van der Waals surface area contributed by atoms with Crippen molar-refractivity contribution in [3.05, 3.63) is 34.1 Å². The van der Waals surface area contributed by atoms with E-state index in [1.807, 2.05) is 25.1 Å². The third kappa shape index (κ3) is 1.24. The van der Waals surface area contributed by atoms with E-state index in [0.717, 1.165) is 16.5 Å². The summed E-state index contributed by atoms with van der Waals surface area (Å²) in [6, 6.07) is 5.67. The molecule has 0 saturated heterocycles. The summed E-state index contributed by atoms with van der Waals surface area (Å²) < 4.78 is 1.59. The second-order valence-corrected chi connectivity index (χ2v) is 3.25. The Morgan fingerprint density at radius 2 is 2.29 bits per heavy atom. The van der Waals surface area contributed by atoms with Gasteiger partial charge >= 0.3 is 0 Å². The molecule has 1 heterocycles. The van der Waals surface area contributed by atoms with E-state index in [9.17, 15) is 4.79 Å². The normalized spacial score (nSPS) is 11.0. The maximum absolute atomic E-state index is 11.7. The van der Waals surface area contributed by atoms with Gasteiger partial charge in [0.2, 0.25) is 0 Å². The van der Waals surface area contributed by atoms with Crippen molar-refractivity contribution < 1.29 is 0 Å². The number of nitrogens with zero attached hydrogens (tertiary/aromatic N) is 1. The first kappa shape index (κ1) is 9.02. The highest BCUT2D eigenvalue weighted by Gasteiger charge is 2.04. The van der Waals surface area contributed by atoms with E-state index >= 15 is 0 Å². The standard InChI is InChI=1S/C10H13N3O/c1-2-13-10(14)8-5-7(6-11)3-4-9(8)12-13/h3-5,12H,2,6,11H2,1H3. The van der Waals surface area contributed by atoms with Crippen LogP contribution in [-0.2, 0) is 13.1 Å². The highest BCUT2D eigenvalue weighted by Crippen LogP contribution is 2.09. The maximum Gasteiger partial charge on any atom is 0.274 e. The van der Waals surface area contributed by atoms with Gasteiger partial charge < -0.3 is 5.73 Å². The average Bonchev–Trinajstić information content (AvgIpc) is 2.55. The molecule has 4 heteroatoms. The molecule has 0 aliphatic carbocycles. The fraction of sp³-hybridized carbons (Fsp3) is 0.300. The summed E-state index contributed by atoms with van der Waals surface area (Å²) >= 11 is 0. The van der Waals surface area contributed by atoms with Crippen molar-refractivity contribution in [2.24, 2.45) is 5.73 Å². The SMILES string of the molecule is CCn1[nH]c2ccc(CN)cc2c1=O. The monoisotopic (exact) mass is 191 g/mol. The van der Waals surface area contributed by atoms with Crippen LogP contribution in [-0.4, -0.2) is 9.78 Å². The number of nitrogens with two attached hydrogens (primary N) is 1. The molecule has 0 aliphatic heterocycles. The van der Waals surface area contributed by atoms with Gasteiger partial charge in [0, 0.05) is 13.1 Å². The van der Waals surface area contributed by atoms with Crippen LogP contribution in [0, 0.1) is 0 Å². The molecule has 0 unspecified atom stereocenters. The minimum atomic E-state index is 0.0257. The first-order chi connectivity index (χ1) is 6.76. The molecule has 3 N–H and O–H groups in total. The Labute approximate surface area is 81.3 Å². The lowest BCUT2D eigenvalue weighted by molar-refractivity contribution is 0.646. The Morgan fingerprint density at radius 1 is 1.50 bits per heavy atom. The fourth-order valence-corrected chi connectivity index (χ4v) is 1.56. The smallest absolute Gasteiger partial charge is 0.274 e. The molecule has 74 valence electrons. The van der Waals surface area contributed by atoms with E-state index < -0.39 is 0 Å². The zero-order valence-corrected chi connectivity index (χ0v) is 8.08. The molecule has 1 aromatic carbocycles. The van der Waals surface area contributed by atoms with Crippen LogP contribution >= 0.6 is 0 Å². The first-order valence-electron chi connectivity index (χ1n) is 4.67. The van der Waals surface area contributed by atoms with Gasteiger partial charge in [0.15, 0.2) is 0 Å². The van der Waals surface area contributed by atoms with Crippen molar-refractivity contribution in [2.75, 3.05) is 0 Å². The third-order valence-electron chi connectivity index (χ3n) is 2.37. The van der Waals surface area contributed by atoms with Crippen molar-refractivity contribution in [3.63, 3.8) is 0 Å². The lowest BCUT2D eigenvalue weighted by Gasteiger charge is -1.93. The summed E-state index contributed by atoms with van der Waals surface area (Å²) in [5, 5.41) is 3.75. The Hall–Kier alpha value is -1.55. The number of aromatic nitrogens is 2. The zero-order chi connectivity index (χ0) is 10.1. The Bertz CT molecular complexity index is 510. The molecule has 14 heavy (non-hydrogen) atoms. The van der Waals surface area contributed by atoms with Crippen molar-refractivity contribution in [1.29, 1.82) is 0 Å². The van der Waals surface area contributed by atoms with E-state index in [4.69, 9.17) is 5.73 Å². The summed E-state index contributed by atoms with van der Waals surface area (Å²) in [6.45, 7) is 3.05. The van der Waals surface area contributed by atoms with Gasteiger partial charge in [0.05, 0.1) is 10.9 Å². The van der Waals surface area contributed by atoms with Crippen LogP contribution in [0.2, 0.25) is 0 Å². The fourth-order valence-electron chi connectivity index (χ4n) is 1.56. The molecule has 0 aliphatic rings. The van der Waals surface area contributed by atoms with Crippen LogP contribution < -0.4 is 11.3 Å². The van der Waals surface area contributed by atoms with E-state index in [1.54, 1.807) is 4.68 Å². The molecule has 0 atom stereocenters. The zero-order valence-electron chi connectivity index (χ0n) is 8.08. The molecular weight excluding hydrogens is 178 g/mol. The molecule has 0 radical (unpaired) electrons. The minimum Gasteiger partial charge on any atom is -0.326 e. The molecule has 0 saturated carbocycles. The van der Waals surface area contributed by atoms with E-state index in [2.05, 4.69) is 5.10 Å². The summed E-state index contributed by atoms with van der Waals surface area (Å²) in [5.41, 5.74) is 7.39. The quantitative estimate of drug-likeness (QED) is 0.737. The number of H-pyrrole nitrogens is 1. The van der Waals surface area contributed by atoms with Gasteiger partial charge in [-0.3, -0.25) is 14.6 Å². The Balaban J connectivity index is 2.74. The second kappa shape index (κ2) is 3.31. The molecule has 4 nitrogen and oxygen atoms in total. The van der Waals surface area contributed by atoms with Gasteiger partial charge in [-0.2, -0.15) is 0 Å². The summed E-state index contributed by atoms with van der Waals surface area (Å²) in [5.74, 6) is 0. The molecule has 0 fully saturated rings. The highest BCUT2D eigenvalue weighted by molar-refractivity contribution is 5.78. The van der Waals surface area contributed by atoms with Crippen LogP contribution in [0.5, 0.6) is 0 Å².